The van der Waals surface area contributed by atoms with Crippen LogP contribution in [-0.2, 0) is 13.2 Å². The molecule has 3 nitrogen and oxygen atoms in total. The summed E-state index contributed by atoms with van der Waals surface area (Å²) in [5, 5.41) is 4.41. The van der Waals surface area contributed by atoms with Gasteiger partial charge in [-0.15, -0.1) is 0 Å². The van der Waals surface area contributed by atoms with Gasteiger partial charge < -0.3 is 14.8 Å². The third kappa shape index (κ3) is 5.87. The van der Waals surface area contributed by atoms with Crippen LogP contribution in [0.4, 0.5) is 0 Å². The summed E-state index contributed by atoms with van der Waals surface area (Å²) >= 11 is 9.87. The molecule has 0 unspecified atom stereocenters. The first-order valence-corrected chi connectivity index (χ1v) is 10.8. The quantitative estimate of drug-likeness (QED) is 0.486. The molecule has 146 valence electrons. The average Bonchev–Trinajstić information content (AvgIpc) is 2.95. The molecule has 2 aromatic carbocycles. The van der Waals surface area contributed by atoms with Crippen LogP contribution in [0.2, 0.25) is 5.02 Å². The van der Waals surface area contributed by atoms with Gasteiger partial charge in [0.15, 0.2) is 11.5 Å². The molecule has 0 amide bonds. The predicted octanol–water partition coefficient (Wildman–Crippen LogP) is 6.50. The molecule has 0 heterocycles. The zero-order valence-corrected chi connectivity index (χ0v) is 18.1. The van der Waals surface area contributed by atoms with Gasteiger partial charge in [0.05, 0.1) is 11.6 Å². The number of ether oxygens (including phenoxy) is 2. The summed E-state index contributed by atoms with van der Waals surface area (Å²) in [6.07, 6.45) is 7.96. The van der Waals surface area contributed by atoms with Crippen molar-refractivity contribution >= 4 is 27.5 Å². The molecule has 0 spiro atoms. The predicted molar refractivity (Wildman–Crippen MR) is 115 cm³/mol. The Morgan fingerprint density at radius 3 is 2.56 bits per heavy atom. The Bertz CT molecular complexity index is 745. The minimum absolute atomic E-state index is 0.397. The smallest absolute Gasteiger partial charge is 0.175 e. The molecule has 1 aliphatic rings. The molecule has 1 aliphatic carbocycles. The van der Waals surface area contributed by atoms with E-state index in [4.69, 9.17) is 21.1 Å². The van der Waals surface area contributed by atoms with E-state index < -0.39 is 0 Å². The SMILES string of the molecule is COc1cc(CNC2CCCCCC2)cc(Br)c1OCc1ccccc1Cl. The maximum absolute atomic E-state index is 6.22. The first-order valence-electron chi connectivity index (χ1n) is 9.63. The molecular weight excluding hydrogens is 426 g/mol. The van der Waals surface area contributed by atoms with Crippen LogP contribution >= 0.6 is 27.5 Å². The van der Waals surface area contributed by atoms with Crippen LogP contribution in [0, 0.1) is 0 Å². The zero-order chi connectivity index (χ0) is 19.1. The minimum atomic E-state index is 0.397. The Hall–Kier alpha value is -1.23. The second kappa shape index (κ2) is 10.4. The average molecular weight is 453 g/mol. The first kappa shape index (κ1) is 20.5. The van der Waals surface area contributed by atoms with E-state index >= 15 is 0 Å². The van der Waals surface area contributed by atoms with Gasteiger partial charge in [-0.3, -0.25) is 0 Å². The van der Waals surface area contributed by atoms with E-state index in [9.17, 15) is 0 Å². The van der Waals surface area contributed by atoms with E-state index in [1.54, 1.807) is 7.11 Å². The maximum atomic E-state index is 6.22. The fourth-order valence-electron chi connectivity index (χ4n) is 3.53. The van der Waals surface area contributed by atoms with Gasteiger partial charge in [-0.1, -0.05) is 55.5 Å². The second-order valence-electron chi connectivity index (χ2n) is 7.06. The number of nitrogens with one attached hydrogen (secondary N) is 1. The molecule has 0 atom stereocenters. The summed E-state index contributed by atoms with van der Waals surface area (Å²) < 4.78 is 12.5. The van der Waals surface area contributed by atoms with Crippen molar-refractivity contribution in [3.8, 4) is 11.5 Å². The summed E-state index contributed by atoms with van der Waals surface area (Å²) in [6, 6.07) is 12.5. The summed E-state index contributed by atoms with van der Waals surface area (Å²) in [5.74, 6) is 1.43. The molecule has 3 rings (SSSR count). The largest absolute Gasteiger partial charge is 0.493 e. The normalized spacial score (nSPS) is 15.4. The summed E-state index contributed by atoms with van der Waals surface area (Å²) in [5.41, 5.74) is 2.14. The lowest BCUT2D eigenvalue weighted by atomic mass is 10.1. The van der Waals surface area contributed by atoms with Crippen molar-refractivity contribution in [1.82, 2.24) is 5.32 Å². The van der Waals surface area contributed by atoms with E-state index in [-0.39, 0.29) is 0 Å². The fraction of sp³-hybridized carbons (Fsp3) is 0.455. The van der Waals surface area contributed by atoms with Gasteiger partial charge in [0, 0.05) is 23.2 Å². The molecule has 2 aromatic rings. The molecule has 5 heteroatoms. The van der Waals surface area contributed by atoms with Crippen molar-refractivity contribution in [1.29, 1.82) is 0 Å². The van der Waals surface area contributed by atoms with Crippen molar-refractivity contribution < 1.29 is 9.47 Å². The highest BCUT2D eigenvalue weighted by Gasteiger charge is 2.15. The monoisotopic (exact) mass is 451 g/mol. The van der Waals surface area contributed by atoms with Crippen LogP contribution in [0.1, 0.15) is 49.7 Å². The number of rotatable bonds is 7. The number of hydrogen-bond acceptors (Lipinski definition) is 3. The molecule has 1 saturated carbocycles. The van der Waals surface area contributed by atoms with Crippen LogP contribution in [0.3, 0.4) is 0 Å². The highest BCUT2D eigenvalue weighted by Crippen LogP contribution is 2.37. The molecular formula is C22H27BrClNO2. The van der Waals surface area contributed by atoms with E-state index in [0.717, 1.165) is 22.3 Å². The van der Waals surface area contributed by atoms with E-state index in [1.165, 1.54) is 44.1 Å². The first-order chi connectivity index (χ1) is 13.2. The molecule has 0 aliphatic heterocycles. The van der Waals surface area contributed by atoms with Gasteiger partial charge in [0.2, 0.25) is 0 Å². The van der Waals surface area contributed by atoms with Crippen LogP contribution in [-0.4, -0.2) is 13.2 Å². The lowest BCUT2D eigenvalue weighted by Crippen LogP contribution is -2.27. The van der Waals surface area contributed by atoms with Gasteiger partial charge in [-0.25, -0.2) is 0 Å². The standard InChI is InChI=1S/C22H27BrClNO2/c1-26-21-13-16(14-25-18-9-4-2-3-5-10-18)12-19(23)22(21)27-15-17-8-6-7-11-20(17)24/h6-8,11-13,18,25H,2-5,9-10,14-15H2,1H3. The highest BCUT2D eigenvalue weighted by atomic mass is 79.9. The number of halogens is 2. The third-order valence-electron chi connectivity index (χ3n) is 5.07. The zero-order valence-electron chi connectivity index (χ0n) is 15.8. The minimum Gasteiger partial charge on any atom is -0.493 e. The summed E-state index contributed by atoms with van der Waals surface area (Å²) in [6.45, 7) is 1.23. The maximum Gasteiger partial charge on any atom is 0.175 e. The summed E-state index contributed by atoms with van der Waals surface area (Å²) in [4.78, 5) is 0. The number of methoxy groups -OCH3 is 1. The van der Waals surface area contributed by atoms with Gasteiger partial charge in [0.25, 0.3) is 0 Å². The second-order valence-corrected chi connectivity index (χ2v) is 8.32. The van der Waals surface area contributed by atoms with Gasteiger partial charge in [0.1, 0.15) is 6.61 Å². The van der Waals surface area contributed by atoms with Crippen molar-refractivity contribution in [3.05, 3.63) is 57.0 Å². The molecule has 1 fully saturated rings. The van der Waals surface area contributed by atoms with E-state index in [2.05, 4.69) is 33.4 Å². The molecule has 0 aromatic heterocycles. The fourth-order valence-corrected chi connectivity index (χ4v) is 4.32. The van der Waals surface area contributed by atoms with Crippen molar-refractivity contribution in [2.45, 2.75) is 57.7 Å². The molecule has 1 N–H and O–H groups in total. The number of benzene rings is 2. The number of hydrogen-bond donors (Lipinski definition) is 1. The van der Waals surface area contributed by atoms with E-state index in [0.29, 0.717) is 23.4 Å². The molecule has 0 saturated heterocycles. The van der Waals surface area contributed by atoms with Gasteiger partial charge in [-0.2, -0.15) is 0 Å². The molecule has 27 heavy (non-hydrogen) atoms. The third-order valence-corrected chi connectivity index (χ3v) is 6.03. The van der Waals surface area contributed by atoms with Crippen molar-refractivity contribution in [2.75, 3.05) is 7.11 Å². The van der Waals surface area contributed by atoms with Gasteiger partial charge >= 0.3 is 0 Å². The lowest BCUT2D eigenvalue weighted by Gasteiger charge is -2.18. The highest BCUT2D eigenvalue weighted by molar-refractivity contribution is 9.10. The Morgan fingerprint density at radius 1 is 1.11 bits per heavy atom. The Kier molecular flexibility index (Phi) is 7.86. The van der Waals surface area contributed by atoms with Gasteiger partial charge in [-0.05, 0) is 52.5 Å². The van der Waals surface area contributed by atoms with Crippen LogP contribution in [0.25, 0.3) is 0 Å². The van der Waals surface area contributed by atoms with Crippen molar-refractivity contribution in [3.63, 3.8) is 0 Å². The van der Waals surface area contributed by atoms with Crippen LogP contribution in [0.15, 0.2) is 40.9 Å². The van der Waals surface area contributed by atoms with Crippen LogP contribution in [0.5, 0.6) is 11.5 Å². The Labute approximate surface area is 175 Å². The lowest BCUT2D eigenvalue weighted by molar-refractivity contribution is 0.282. The van der Waals surface area contributed by atoms with E-state index in [1.807, 2.05) is 24.3 Å². The molecule has 0 bridgehead atoms. The van der Waals surface area contributed by atoms with Crippen LogP contribution < -0.4 is 14.8 Å². The summed E-state index contributed by atoms with van der Waals surface area (Å²) in [7, 11) is 1.67. The van der Waals surface area contributed by atoms with Crippen molar-refractivity contribution in [2.24, 2.45) is 0 Å². The Morgan fingerprint density at radius 2 is 1.85 bits per heavy atom. The Balaban J connectivity index is 1.66. The molecule has 0 radical (unpaired) electrons. The topological polar surface area (TPSA) is 30.5 Å².